The van der Waals surface area contributed by atoms with Crippen molar-refractivity contribution in [1.82, 2.24) is 71.0 Å². The van der Waals surface area contributed by atoms with E-state index in [9.17, 15) is 13.2 Å². The lowest BCUT2D eigenvalue weighted by atomic mass is 9.79. The molecular formula is C46H60Cl2F4N18. The van der Waals surface area contributed by atoms with E-state index in [0.717, 1.165) is 63.8 Å². The van der Waals surface area contributed by atoms with Crippen molar-refractivity contribution in [3.05, 3.63) is 89.0 Å². The number of tetrazole rings is 2. The van der Waals surface area contributed by atoms with E-state index in [1.54, 1.807) is 18.2 Å². The van der Waals surface area contributed by atoms with Gasteiger partial charge in [-0.2, -0.15) is 19.3 Å². The molecular weight excluding hydrogens is 952 g/mol. The lowest BCUT2D eigenvalue weighted by Crippen LogP contribution is -2.60. The Kier molecular flexibility index (Phi) is 15.2. The second-order valence-electron chi connectivity index (χ2n) is 21.0. The third kappa shape index (κ3) is 13.3. The molecule has 6 aromatic rings. The zero-order chi connectivity index (χ0) is 49.5. The number of nitrogens with zero attached hydrogens (tertiary/aromatic N) is 12. The van der Waals surface area contributed by atoms with Crippen molar-refractivity contribution in [2.45, 2.75) is 153 Å². The van der Waals surface area contributed by atoms with Crippen LogP contribution >= 0.6 is 24.0 Å². The van der Waals surface area contributed by atoms with E-state index >= 15 is 4.39 Å². The Bertz CT molecular complexity index is 2720. The molecule has 70 heavy (non-hydrogen) atoms. The number of nitrogens with two attached hydrogens (primary N) is 1. The van der Waals surface area contributed by atoms with E-state index in [4.69, 9.17) is 17.3 Å². The third-order valence-corrected chi connectivity index (χ3v) is 12.4. The first-order chi connectivity index (χ1) is 32.5. The van der Waals surface area contributed by atoms with Gasteiger partial charge in [0.2, 0.25) is 11.2 Å². The Balaban J connectivity index is 0.000000169. The topological polar surface area (TPSA) is 225 Å². The average Bonchev–Trinajstić information content (AvgIpc) is 4.15. The monoisotopic (exact) mass is 1010 g/mol. The maximum absolute atomic E-state index is 15.1. The summed E-state index contributed by atoms with van der Waals surface area (Å²) in [6.07, 6.45) is 12.3. The van der Waals surface area contributed by atoms with Crippen LogP contribution in [-0.4, -0.2) is 94.6 Å². The van der Waals surface area contributed by atoms with Crippen LogP contribution in [-0.2, 0) is 0 Å². The number of nitrogen functional groups attached to an aromatic ring is 1. The van der Waals surface area contributed by atoms with Crippen LogP contribution in [0.5, 0.6) is 0 Å². The second-order valence-corrected chi connectivity index (χ2v) is 21.4. The fraction of sp³-hybridized carbons (Fsp3) is 0.522. The van der Waals surface area contributed by atoms with Gasteiger partial charge in [-0.3, -0.25) is 0 Å². The molecule has 0 unspecified atom stereocenters. The molecule has 0 spiro atoms. The lowest BCUT2D eigenvalue weighted by Gasteiger charge is -2.46. The molecule has 2 aliphatic carbocycles. The number of piperidine rings is 2. The van der Waals surface area contributed by atoms with Crippen molar-refractivity contribution in [1.29, 1.82) is 0 Å². The van der Waals surface area contributed by atoms with Gasteiger partial charge in [0, 0.05) is 45.6 Å². The normalized spacial score (nSPS) is 19.1. The molecule has 2 saturated carbocycles. The van der Waals surface area contributed by atoms with Crippen LogP contribution in [0.25, 0.3) is 11.4 Å². The van der Waals surface area contributed by atoms with E-state index in [0.29, 0.717) is 34.1 Å². The molecule has 6 heterocycles. The molecule has 24 heteroatoms. The van der Waals surface area contributed by atoms with Crippen molar-refractivity contribution >= 4 is 53.0 Å². The summed E-state index contributed by atoms with van der Waals surface area (Å²) in [7, 11) is 0. The van der Waals surface area contributed by atoms with Gasteiger partial charge < -0.3 is 32.3 Å². The summed E-state index contributed by atoms with van der Waals surface area (Å²) >= 11 is 5.71. The molecule has 4 aliphatic rings. The summed E-state index contributed by atoms with van der Waals surface area (Å²) in [5, 5.41) is 38.5. The molecule has 0 atom stereocenters. The fourth-order valence-corrected chi connectivity index (χ4v) is 10.1. The highest BCUT2D eigenvalue weighted by molar-refractivity contribution is 6.28. The first-order valence-electron chi connectivity index (χ1n) is 23.0. The first kappa shape index (κ1) is 52.0. The van der Waals surface area contributed by atoms with E-state index in [-0.39, 0.29) is 92.8 Å². The molecule has 2 aromatic carbocycles. The lowest BCUT2D eigenvalue weighted by molar-refractivity contribution is 0.170. The highest BCUT2D eigenvalue weighted by atomic mass is 35.5. The maximum atomic E-state index is 15.1. The molecule has 0 bridgehead atoms. The number of benzene rings is 2. The van der Waals surface area contributed by atoms with E-state index < -0.39 is 11.6 Å². The van der Waals surface area contributed by atoms with Crippen LogP contribution in [0.4, 0.5) is 46.5 Å². The molecule has 2 saturated heterocycles. The predicted octanol–water partition coefficient (Wildman–Crippen LogP) is 8.75. The number of rotatable bonds is 10. The van der Waals surface area contributed by atoms with Gasteiger partial charge in [-0.1, -0.05) is 0 Å². The molecule has 376 valence electrons. The van der Waals surface area contributed by atoms with Gasteiger partial charge in [0.25, 0.3) is 0 Å². The van der Waals surface area contributed by atoms with Gasteiger partial charge in [-0.25, -0.2) is 27.5 Å². The van der Waals surface area contributed by atoms with Crippen LogP contribution in [0.15, 0.2) is 49.3 Å². The van der Waals surface area contributed by atoms with Crippen molar-refractivity contribution in [3.63, 3.8) is 0 Å². The van der Waals surface area contributed by atoms with Crippen LogP contribution < -0.4 is 32.3 Å². The van der Waals surface area contributed by atoms with Crippen molar-refractivity contribution in [2.75, 3.05) is 21.7 Å². The summed E-state index contributed by atoms with van der Waals surface area (Å²) < 4.78 is 60.1. The minimum atomic E-state index is -0.521. The van der Waals surface area contributed by atoms with E-state index in [1.165, 1.54) is 28.1 Å². The summed E-state index contributed by atoms with van der Waals surface area (Å²) in [4.78, 5) is 16.0. The van der Waals surface area contributed by atoms with Gasteiger partial charge in [-0.15, -0.1) is 22.6 Å². The van der Waals surface area contributed by atoms with Gasteiger partial charge >= 0.3 is 0 Å². The van der Waals surface area contributed by atoms with Crippen LogP contribution in [0.2, 0.25) is 5.28 Å². The second kappa shape index (κ2) is 20.5. The smallest absolute Gasteiger partial charge is 0.229 e. The molecule has 2 aliphatic heterocycles. The first-order valence-corrected chi connectivity index (χ1v) is 23.4. The maximum Gasteiger partial charge on any atom is 0.229 e. The Morgan fingerprint density at radius 2 is 1.07 bits per heavy atom. The molecule has 10 rings (SSSR count). The SMILES string of the molecule is CC1(C)CC(Nc2nc(Cl)ncc2F)CC(C)(C)N1.CC1(C)CC(Nc2nc(Nc3cc(C4CC4)c(F)c(-n4cnnn4)c3)ncc2F)CC(C)(C)N1.Cl.Nc1cc(C2CC2)c(F)c(-n2cnnn2)c1. The molecule has 4 aromatic heterocycles. The Morgan fingerprint density at radius 1 is 0.629 bits per heavy atom. The van der Waals surface area contributed by atoms with Gasteiger partial charge in [0.15, 0.2) is 34.9 Å². The molecule has 18 nitrogen and oxygen atoms in total. The molecule has 0 amide bonds. The number of nitrogens with one attached hydrogen (secondary N) is 5. The predicted molar refractivity (Wildman–Crippen MR) is 262 cm³/mol. The summed E-state index contributed by atoms with van der Waals surface area (Å²) in [6.45, 7) is 17.1. The molecule has 0 radical (unpaired) electrons. The highest BCUT2D eigenvalue weighted by Gasteiger charge is 2.39. The largest absolute Gasteiger partial charge is 0.399 e. The number of hydrogen-bond donors (Lipinski definition) is 6. The minimum Gasteiger partial charge on any atom is -0.399 e. The zero-order valence-corrected chi connectivity index (χ0v) is 41.9. The van der Waals surface area contributed by atoms with Crippen molar-refractivity contribution in [3.8, 4) is 11.4 Å². The molecule has 7 N–H and O–H groups in total. The Hall–Kier alpha value is -5.84. The zero-order valence-electron chi connectivity index (χ0n) is 40.3. The number of aromatic nitrogens is 12. The fourth-order valence-electron chi connectivity index (χ4n) is 9.96. The van der Waals surface area contributed by atoms with Crippen LogP contribution in [0.3, 0.4) is 0 Å². The highest BCUT2D eigenvalue weighted by Crippen LogP contribution is 2.44. The average molecular weight is 1010 g/mol. The van der Waals surface area contributed by atoms with Gasteiger partial charge in [0.1, 0.15) is 24.0 Å². The van der Waals surface area contributed by atoms with Crippen LogP contribution in [0.1, 0.15) is 130 Å². The Labute approximate surface area is 415 Å². The summed E-state index contributed by atoms with van der Waals surface area (Å²) in [5.41, 5.74) is 8.47. The van der Waals surface area contributed by atoms with Gasteiger partial charge in [0.05, 0.1) is 12.4 Å². The quantitative estimate of drug-likeness (QED) is 0.0429. The number of hydrogen-bond acceptors (Lipinski definition) is 16. The van der Waals surface area contributed by atoms with E-state index in [1.807, 2.05) is 0 Å². The van der Waals surface area contributed by atoms with Crippen molar-refractivity contribution < 1.29 is 17.6 Å². The third-order valence-electron chi connectivity index (χ3n) is 12.2. The standard InChI is InChI=1S/C23H29F2N9.C13H20ClFN4.C10H10FN5.ClH/c1-22(2)9-15(10-23(3,4)31-22)28-20-17(24)11-26-21(30-20)29-14-7-16(13-5-6-13)19(25)18(8-14)34-12-27-32-33-34;1-12(2)5-8(6-13(3,4)19-12)17-10-9(15)7-16-11(14)18-10;11-10-8(6-1-2-6)3-7(12)4-9(10)16-5-13-14-15-16;/h7-8,11-13,15,31H,5-6,9-10H2,1-4H3,(H2,26,28,29,30);7-8,19H,5-6H2,1-4H3,(H,16,17,18);3-6H,1-2,12H2;1H. The minimum absolute atomic E-state index is 0. The van der Waals surface area contributed by atoms with Crippen LogP contribution in [0, 0.1) is 23.3 Å². The summed E-state index contributed by atoms with van der Waals surface area (Å²) in [6, 6.07) is 6.76. The Morgan fingerprint density at radius 3 is 1.53 bits per heavy atom. The van der Waals surface area contributed by atoms with Crippen molar-refractivity contribution in [2.24, 2.45) is 0 Å². The number of anilines is 5. The van der Waals surface area contributed by atoms with E-state index in [2.05, 4.69) is 133 Å². The summed E-state index contributed by atoms with van der Waals surface area (Å²) in [5.74, 6) is -0.617. The molecule has 4 fully saturated rings. The van der Waals surface area contributed by atoms with Gasteiger partial charge in [-0.05, 0) is 186 Å². The number of halogens is 6.